The summed E-state index contributed by atoms with van der Waals surface area (Å²) in [5.41, 5.74) is 3.58. The monoisotopic (exact) mass is 304 g/mol. The van der Waals surface area contributed by atoms with Crippen molar-refractivity contribution in [2.24, 2.45) is 0 Å². The van der Waals surface area contributed by atoms with Crippen LogP contribution >= 0.6 is 11.3 Å². The van der Waals surface area contributed by atoms with Gasteiger partial charge in [0.15, 0.2) is 5.13 Å². The van der Waals surface area contributed by atoms with Crippen LogP contribution in [0.5, 0.6) is 0 Å². The Morgan fingerprint density at radius 3 is 2.81 bits per heavy atom. The molecule has 5 heteroatoms. The molecule has 1 N–H and O–H groups in total. The van der Waals surface area contributed by atoms with E-state index in [1.807, 2.05) is 5.38 Å². The third-order valence-corrected chi connectivity index (χ3v) is 4.14. The van der Waals surface area contributed by atoms with E-state index in [2.05, 4.69) is 46.2 Å². The Labute approximate surface area is 129 Å². The number of benzene rings is 1. The van der Waals surface area contributed by atoms with E-state index in [4.69, 9.17) is 0 Å². The van der Waals surface area contributed by atoms with Gasteiger partial charge in [-0.15, -0.1) is 11.3 Å². The number of carbonyl (C=O) groups is 1. The number of carbonyl (C=O) groups excluding carboxylic acids is 1. The van der Waals surface area contributed by atoms with Gasteiger partial charge in [-0.3, -0.25) is 4.79 Å². The highest BCUT2D eigenvalue weighted by Crippen LogP contribution is 2.18. The number of thiazole rings is 1. The van der Waals surface area contributed by atoms with Gasteiger partial charge in [-0.1, -0.05) is 31.2 Å². The Morgan fingerprint density at radius 1 is 1.33 bits per heavy atom. The second kappa shape index (κ2) is 7.78. The van der Waals surface area contributed by atoms with Gasteiger partial charge in [0, 0.05) is 18.3 Å². The molecule has 0 fully saturated rings. The van der Waals surface area contributed by atoms with Crippen molar-refractivity contribution >= 4 is 22.4 Å². The SMILES string of the molecule is CCc1ccccc1CNc1nc(CCC(=O)OC)cs1. The van der Waals surface area contributed by atoms with E-state index in [0.29, 0.717) is 12.8 Å². The first-order valence-electron chi connectivity index (χ1n) is 7.04. The van der Waals surface area contributed by atoms with Crippen molar-refractivity contribution in [3.8, 4) is 0 Å². The molecule has 0 radical (unpaired) electrons. The lowest BCUT2D eigenvalue weighted by atomic mass is 10.1. The summed E-state index contributed by atoms with van der Waals surface area (Å²) in [5.74, 6) is -0.200. The van der Waals surface area contributed by atoms with Gasteiger partial charge in [0.1, 0.15) is 0 Å². The fourth-order valence-corrected chi connectivity index (χ4v) is 2.82. The van der Waals surface area contributed by atoms with Crippen LogP contribution < -0.4 is 5.32 Å². The van der Waals surface area contributed by atoms with E-state index in [-0.39, 0.29) is 5.97 Å². The molecule has 0 aliphatic carbocycles. The van der Waals surface area contributed by atoms with Crippen LogP contribution in [0.2, 0.25) is 0 Å². The van der Waals surface area contributed by atoms with Gasteiger partial charge in [-0.05, 0) is 17.5 Å². The van der Waals surface area contributed by atoms with E-state index < -0.39 is 0 Å². The molecule has 4 nitrogen and oxygen atoms in total. The normalized spacial score (nSPS) is 10.4. The van der Waals surface area contributed by atoms with Crippen LogP contribution in [-0.2, 0) is 28.9 Å². The molecule has 2 aromatic rings. The Morgan fingerprint density at radius 2 is 2.10 bits per heavy atom. The van der Waals surface area contributed by atoms with Gasteiger partial charge < -0.3 is 10.1 Å². The smallest absolute Gasteiger partial charge is 0.305 e. The average Bonchev–Trinajstić information content (AvgIpc) is 2.98. The summed E-state index contributed by atoms with van der Waals surface area (Å²) < 4.78 is 4.63. The molecule has 0 unspecified atom stereocenters. The van der Waals surface area contributed by atoms with Gasteiger partial charge in [-0.2, -0.15) is 0 Å². The minimum Gasteiger partial charge on any atom is -0.469 e. The molecule has 21 heavy (non-hydrogen) atoms. The minimum atomic E-state index is -0.200. The highest BCUT2D eigenvalue weighted by molar-refractivity contribution is 7.13. The lowest BCUT2D eigenvalue weighted by Crippen LogP contribution is -2.03. The molecule has 1 aromatic carbocycles. The van der Waals surface area contributed by atoms with Crippen molar-refractivity contribution in [2.75, 3.05) is 12.4 Å². The zero-order valence-corrected chi connectivity index (χ0v) is 13.2. The number of hydrogen-bond donors (Lipinski definition) is 1. The van der Waals surface area contributed by atoms with Crippen LogP contribution in [0.15, 0.2) is 29.6 Å². The van der Waals surface area contributed by atoms with Gasteiger partial charge in [0.05, 0.1) is 19.2 Å². The maximum Gasteiger partial charge on any atom is 0.305 e. The summed E-state index contributed by atoms with van der Waals surface area (Å²) in [7, 11) is 1.40. The van der Waals surface area contributed by atoms with Crippen LogP contribution in [0, 0.1) is 0 Å². The summed E-state index contributed by atoms with van der Waals surface area (Å²) in [6.07, 6.45) is 2.02. The van der Waals surface area contributed by atoms with E-state index >= 15 is 0 Å². The number of aromatic nitrogens is 1. The van der Waals surface area contributed by atoms with E-state index in [1.165, 1.54) is 18.2 Å². The number of ether oxygens (including phenoxy) is 1. The maximum atomic E-state index is 11.1. The van der Waals surface area contributed by atoms with Crippen LogP contribution in [0.3, 0.4) is 0 Å². The van der Waals surface area contributed by atoms with Gasteiger partial charge in [0.2, 0.25) is 0 Å². The minimum absolute atomic E-state index is 0.200. The molecule has 0 saturated heterocycles. The van der Waals surface area contributed by atoms with E-state index in [1.54, 1.807) is 11.3 Å². The molecule has 0 aliphatic heterocycles. The summed E-state index contributed by atoms with van der Waals surface area (Å²) in [4.78, 5) is 15.6. The van der Waals surface area contributed by atoms with E-state index in [0.717, 1.165) is 23.8 Å². The Balaban J connectivity index is 1.89. The number of anilines is 1. The number of nitrogens with one attached hydrogen (secondary N) is 1. The van der Waals surface area contributed by atoms with Gasteiger partial charge in [0.25, 0.3) is 0 Å². The number of rotatable bonds is 7. The van der Waals surface area contributed by atoms with E-state index in [9.17, 15) is 4.79 Å². The Kier molecular flexibility index (Phi) is 5.75. The lowest BCUT2D eigenvalue weighted by Gasteiger charge is -2.07. The van der Waals surface area contributed by atoms with Crippen molar-refractivity contribution in [3.63, 3.8) is 0 Å². The molecule has 2 rings (SSSR count). The van der Waals surface area contributed by atoms with Crippen molar-refractivity contribution in [1.29, 1.82) is 0 Å². The second-order valence-electron chi connectivity index (χ2n) is 4.70. The van der Waals surface area contributed by atoms with Crippen molar-refractivity contribution in [2.45, 2.75) is 32.7 Å². The van der Waals surface area contributed by atoms with Crippen LogP contribution in [0.1, 0.15) is 30.2 Å². The van der Waals surface area contributed by atoms with Crippen molar-refractivity contribution < 1.29 is 9.53 Å². The molecule has 0 atom stereocenters. The molecule has 112 valence electrons. The number of hydrogen-bond acceptors (Lipinski definition) is 5. The molecule has 0 aliphatic rings. The predicted molar refractivity (Wildman–Crippen MR) is 85.6 cm³/mol. The molecule has 0 amide bonds. The summed E-state index contributed by atoms with van der Waals surface area (Å²) in [6.45, 7) is 2.93. The quantitative estimate of drug-likeness (QED) is 0.796. The Bertz CT molecular complexity index is 595. The first kappa shape index (κ1) is 15.5. The fraction of sp³-hybridized carbons (Fsp3) is 0.375. The molecule has 1 heterocycles. The number of nitrogens with zero attached hydrogens (tertiary/aromatic N) is 1. The van der Waals surface area contributed by atoms with Gasteiger partial charge in [-0.25, -0.2) is 4.98 Å². The molecular weight excluding hydrogens is 284 g/mol. The van der Waals surface area contributed by atoms with Gasteiger partial charge >= 0.3 is 5.97 Å². The standard InChI is InChI=1S/C16H20N2O2S/c1-3-12-6-4-5-7-13(12)10-17-16-18-14(11-21-16)8-9-15(19)20-2/h4-7,11H,3,8-10H2,1-2H3,(H,17,18). The van der Waals surface area contributed by atoms with Crippen LogP contribution in [0.4, 0.5) is 5.13 Å². The average molecular weight is 304 g/mol. The summed E-state index contributed by atoms with van der Waals surface area (Å²) in [5, 5.41) is 6.22. The zero-order valence-electron chi connectivity index (χ0n) is 12.4. The highest BCUT2D eigenvalue weighted by Gasteiger charge is 2.06. The lowest BCUT2D eigenvalue weighted by molar-refractivity contribution is -0.140. The molecule has 0 saturated carbocycles. The number of methoxy groups -OCH3 is 1. The zero-order chi connectivity index (χ0) is 15.1. The summed E-state index contributed by atoms with van der Waals surface area (Å²) in [6, 6.07) is 8.41. The number of esters is 1. The largest absolute Gasteiger partial charge is 0.469 e. The molecule has 1 aromatic heterocycles. The first-order valence-corrected chi connectivity index (χ1v) is 7.92. The number of aryl methyl sites for hydroxylation is 2. The predicted octanol–water partition coefficient (Wildman–Crippen LogP) is 3.42. The molecular formula is C16H20N2O2S. The fourth-order valence-electron chi connectivity index (χ4n) is 2.08. The third-order valence-electron chi connectivity index (χ3n) is 3.29. The molecule has 0 spiro atoms. The molecule has 0 bridgehead atoms. The van der Waals surface area contributed by atoms with Crippen molar-refractivity contribution in [1.82, 2.24) is 4.98 Å². The van der Waals surface area contributed by atoms with Crippen LogP contribution in [0.25, 0.3) is 0 Å². The van der Waals surface area contributed by atoms with Crippen molar-refractivity contribution in [3.05, 3.63) is 46.5 Å². The van der Waals surface area contributed by atoms with Crippen LogP contribution in [-0.4, -0.2) is 18.1 Å². The summed E-state index contributed by atoms with van der Waals surface area (Å²) >= 11 is 1.57. The second-order valence-corrected chi connectivity index (χ2v) is 5.55. The maximum absolute atomic E-state index is 11.1. The Hall–Kier alpha value is -1.88. The first-order chi connectivity index (χ1) is 10.2. The highest BCUT2D eigenvalue weighted by atomic mass is 32.1. The third kappa shape index (κ3) is 4.56. The topological polar surface area (TPSA) is 51.2 Å².